The summed E-state index contributed by atoms with van der Waals surface area (Å²) in [5.41, 5.74) is 1.06. The quantitative estimate of drug-likeness (QED) is 0.372. The second kappa shape index (κ2) is 11.9. The minimum absolute atomic E-state index is 0.0651. The van der Waals surface area contributed by atoms with Gasteiger partial charge in [0.25, 0.3) is 15.9 Å². The highest BCUT2D eigenvalue weighted by Crippen LogP contribution is 2.23. The third kappa shape index (κ3) is 6.69. The van der Waals surface area contributed by atoms with E-state index in [2.05, 4.69) is 15.4 Å². The van der Waals surface area contributed by atoms with E-state index in [-0.39, 0.29) is 45.9 Å². The SMILES string of the molecule is O=C(NCC(=O)C1CCCCCN1)c1ccc(S(=O)(=O)Nc2ccccc2C(=O)c2ccccc2)cc1. The van der Waals surface area contributed by atoms with Crippen molar-refractivity contribution in [2.45, 2.75) is 36.6 Å². The third-order valence-electron chi connectivity index (χ3n) is 6.25. The van der Waals surface area contributed by atoms with Gasteiger partial charge in [0.05, 0.1) is 23.2 Å². The number of amides is 1. The Morgan fingerprint density at radius 2 is 1.51 bits per heavy atom. The molecule has 192 valence electrons. The van der Waals surface area contributed by atoms with Crippen LogP contribution in [0.15, 0.2) is 83.8 Å². The van der Waals surface area contributed by atoms with Crippen LogP contribution in [-0.4, -0.2) is 45.0 Å². The summed E-state index contributed by atoms with van der Waals surface area (Å²) >= 11 is 0. The summed E-state index contributed by atoms with van der Waals surface area (Å²) in [4.78, 5) is 37.8. The maximum absolute atomic E-state index is 13.0. The van der Waals surface area contributed by atoms with Gasteiger partial charge in [0.1, 0.15) is 0 Å². The zero-order valence-electron chi connectivity index (χ0n) is 20.3. The van der Waals surface area contributed by atoms with Gasteiger partial charge in [0.15, 0.2) is 11.6 Å². The van der Waals surface area contributed by atoms with Crippen LogP contribution in [0.3, 0.4) is 0 Å². The van der Waals surface area contributed by atoms with Crippen LogP contribution in [0.5, 0.6) is 0 Å². The van der Waals surface area contributed by atoms with Gasteiger partial charge in [-0.15, -0.1) is 0 Å². The molecule has 0 aliphatic carbocycles. The Bertz CT molecular complexity index is 1360. The number of carbonyl (C=O) groups excluding carboxylic acids is 3. The van der Waals surface area contributed by atoms with Gasteiger partial charge >= 0.3 is 0 Å². The minimum Gasteiger partial charge on any atom is -0.345 e. The van der Waals surface area contributed by atoms with Crippen LogP contribution in [0.1, 0.15) is 52.0 Å². The van der Waals surface area contributed by atoms with Crippen LogP contribution < -0.4 is 15.4 Å². The molecular weight excluding hydrogens is 490 g/mol. The fourth-order valence-corrected chi connectivity index (χ4v) is 5.28. The minimum atomic E-state index is -4.03. The van der Waals surface area contributed by atoms with E-state index in [9.17, 15) is 22.8 Å². The number of nitrogens with one attached hydrogen (secondary N) is 3. The molecule has 8 nitrogen and oxygen atoms in total. The highest BCUT2D eigenvalue weighted by molar-refractivity contribution is 7.92. The van der Waals surface area contributed by atoms with Gasteiger partial charge < -0.3 is 10.6 Å². The molecule has 3 aromatic rings. The predicted molar refractivity (Wildman–Crippen MR) is 141 cm³/mol. The lowest BCUT2D eigenvalue weighted by Gasteiger charge is -2.15. The number of para-hydroxylation sites is 1. The molecule has 1 aliphatic rings. The molecule has 1 heterocycles. The number of sulfonamides is 1. The second-order valence-electron chi connectivity index (χ2n) is 8.88. The highest BCUT2D eigenvalue weighted by atomic mass is 32.2. The molecule has 1 amide bonds. The Kier molecular flexibility index (Phi) is 8.47. The second-order valence-corrected chi connectivity index (χ2v) is 10.6. The summed E-state index contributed by atoms with van der Waals surface area (Å²) in [5, 5.41) is 5.83. The van der Waals surface area contributed by atoms with Crippen LogP contribution in [-0.2, 0) is 14.8 Å². The number of Topliss-reactive ketones (excluding diaryl/α,β-unsaturated/α-hetero) is 1. The van der Waals surface area contributed by atoms with Crippen molar-refractivity contribution >= 4 is 33.2 Å². The van der Waals surface area contributed by atoms with E-state index in [1.807, 2.05) is 0 Å². The Labute approximate surface area is 216 Å². The predicted octanol–water partition coefficient (Wildman–Crippen LogP) is 3.55. The number of anilines is 1. The summed E-state index contributed by atoms with van der Waals surface area (Å²) in [6.07, 6.45) is 3.86. The Morgan fingerprint density at radius 3 is 2.27 bits per heavy atom. The van der Waals surface area contributed by atoms with Crippen molar-refractivity contribution < 1.29 is 22.8 Å². The first kappa shape index (κ1) is 26.2. The zero-order chi connectivity index (χ0) is 26.3. The normalized spacial score (nSPS) is 15.8. The van der Waals surface area contributed by atoms with E-state index in [1.165, 1.54) is 30.3 Å². The average molecular weight is 520 g/mol. The summed E-state index contributed by atoms with van der Waals surface area (Å²) in [6, 6.07) is 20.1. The molecule has 9 heteroatoms. The molecule has 37 heavy (non-hydrogen) atoms. The molecule has 0 saturated carbocycles. The molecule has 1 saturated heterocycles. The maximum atomic E-state index is 13.0. The maximum Gasteiger partial charge on any atom is 0.261 e. The van der Waals surface area contributed by atoms with E-state index < -0.39 is 15.9 Å². The smallest absolute Gasteiger partial charge is 0.261 e. The zero-order valence-corrected chi connectivity index (χ0v) is 21.1. The summed E-state index contributed by atoms with van der Waals surface area (Å²) in [5.74, 6) is -0.834. The van der Waals surface area contributed by atoms with Crippen molar-refractivity contribution in [2.75, 3.05) is 17.8 Å². The van der Waals surface area contributed by atoms with Crippen molar-refractivity contribution in [1.29, 1.82) is 0 Å². The molecule has 4 rings (SSSR count). The van der Waals surface area contributed by atoms with Gasteiger partial charge in [-0.1, -0.05) is 55.3 Å². The largest absolute Gasteiger partial charge is 0.345 e. The number of rotatable bonds is 9. The van der Waals surface area contributed by atoms with E-state index >= 15 is 0 Å². The van der Waals surface area contributed by atoms with Crippen molar-refractivity contribution in [3.05, 3.63) is 95.6 Å². The summed E-state index contributed by atoms with van der Waals surface area (Å²) in [7, 11) is -4.03. The van der Waals surface area contributed by atoms with Gasteiger partial charge in [-0.05, 0) is 55.8 Å². The number of benzene rings is 3. The third-order valence-corrected chi connectivity index (χ3v) is 7.63. The van der Waals surface area contributed by atoms with E-state index in [4.69, 9.17) is 0 Å². The first-order valence-electron chi connectivity index (χ1n) is 12.2. The Morgan fingerprint density at radius 1 is 0.811 bits per heavy atom. The van der Waals surface area contributed by atoms with Gasteiger partial charge in [0, 0.05) is 16.7 Å². The van der Waals surface area contributed by atoms with E-state index in [0.29, 0.717) is 5.56 Å². The van der Waals surface area contributed by atoms with Crippen LogP contribution in [0.4, 0.5) is 5.69 Å². The number of hydrogen-bond acceptors (Lipinski definition) is 6. The molecule has 3 N–H and O–H groups in total. The molecule has 1 unspecified atom stereocenters. The van der Waals surface area contributed by atoms with Crippen LogP contribution in [0.25, 0.3) is 0 Å². The molecule has 3 aromatic carbocycles. The molecule has 1 fully saturated rings. The van der Waals surface area contributed by atoms with Crippen molar-refractivity contribution in [1.82, 2.24) is 10.6 Å². The first-order chi connectivity index (χ1) is 17.8. The van der Waals surface area contributed by atoms with Crippen LogP contribution in [0, 0.1) is 0 Å². The summed E-state index contributed by atoms with van der Waals surface area (Å²) in [6.45, 7) is 0.698. The van der Waals surface area contributed by atoms with Crippen LogP contribution in [0.2, 0.25) is 0 Å². The molecule has 0 spiro atoms. The molecular formula is C28H29N3O5S. The highest BCUT2D eigenvalue weighted by Gasteiger charge is 2.22. The lowest BCUT2D eigenvalue weighted by molar-refractivity contribution is -0.120. The Hall–Kier alpha value is -3.82. The Balaban J connectivity index is 1.42. The average Bonchev–Trinajstić information content (AvgIpc) is 3.22. The number of ketones is 2. The lowest BCUT2D eigenvalue weighted by atomic mass is 10.0. The first-order valence-corrected chi connectivity index (χ1v) is 13.7. The fraction of sp³-hybridized carbons (Fsp3) is 0.250. The van der Waals surface area contributed by atoms with Crippen LogP contribution >= 0.6 is 0 Å². The molecule has 0 aromatic heterocycles. The molecule has 0 bridgehead atoms. The number of hydrogen-bond donors (Lipinski definition) is 3. The van der Waals surface area contributed by atoms with Gasteiger partial charge in [-0.25, -0.2) is 8.42 Å². The van der Waals surface area contributed by atoms with Gasteiger partial charge in [0.2, 0.25) is 0 Å². The topological polar surface area (TPSA) is 121 Å². The lowest BCUT2D eigenvalue weighted by Crippen LogP contribution is -2.42. The van der Waals surface area contributed by atoms with Gasteiger partial charge in [-0.2, -0.15) is 0 Å². The van der Waals surface area contributed by atoms with Crippen molar-refractivity contribution in [3.63, 3.8) is 0 Å². The molecule has 1 aliphatic heterocycles. The van der Waals surface area contributed by atoms with E-state index in [0.717, 1.165) is 32.2 Å². The van der Waals surface area contributed by atoms with E-state index in [1.54, 1.807) is 48.5 Å². The van der Waals surface area contributed by atoms with Crippen molar-refractivity contribution in [2.24, 2.45) is 0 Å². The van der Waals surface area contributed by atoms with Gasteiger partial charge in [-0.3, -0.25) is 19.1 Å². The standard InChI is InChI=1S/C28H29N3O5S/c32-26(25-13-5-2-8-18-29-25)19-30-28(34)21-14-16-22(17-15-21)37(35,36)31-24-12-7-6-11-23(24)27(33)20-9-3-1-4-10-20/h1,3-4,6-7,9-12,14-17,25,29,31H,2,5,8,13,18-19H2,(H,30,34). The van der Waals surface area contributed by atoms with Crippen molar-refractivity contribution in [3.8, 4) is 0 Å². The monoisotopic (exact) mass is 519 g/mol. The summed E-state index contributed by atoms with van der Waals surface area (Å²) < 4.78 is 28.6. The molecule has 1 atom stereocenters. The number of carbonyl (C=O) groups is 3. The fourth-order valence-electron chi connectivity index (χ4n) is 4.20. The molecule has 0 radical (unpaired) electrons.